The molecule has 1 aliphatic carbocycles. The highest BCUT2D eigenvalue weighted by molar-refractivity contribution is 6.30. The van der Waals surface area contributed by atoms with Gasteiger partial charge >= 0.3 is 5.97 Å². The van der Waals surface area contributed by atoms with Crippen LogP contribution in [0.1, 0.15) is 24.8 Å². The highest BCUT2D eigenvalue weighted by Crippen LogP contribution is 2.59. The molecule has 1 aromatic rings. The van der Waals surface area contributed by atoms with Crippen molar-refractivity contribution in [3.8, 4) is 5.75 Å². The average molecular weight is 338 g/mol. The van der Waals surface area contributed by atoms with Crippen LogP contribution in [0.25, 0.3) is 0 Å². The van der Waals surface area contributed by atoms with Crippen LogP contribution in [0.5, 0.6) is 5.75 Å². The second-order valence-electron chi connectivity index (χ2n) is 6.47. The normalized spacial score (nSPS) is 22.0. The fourth-order valence-corrected chi connectivity index (χ4v) is 3.81. The van der Waals surface area contributed by atoms with Crippen molar-refractivity contribution in [2.24, 2.45) is 11.3 Å². The van der Waals surface area contributed by atoms with Crippen molar-refractivity contribution in [2.75, 3.05) is 20.2 Å². The number of hydrogen-bond acceptors (Lipinski definition) is 3. The van der Waals surface area contributed by atoms with E-state index in [2.05, 4.69) is 0 Å². The number of hydrogen-bond donors (Lipinski definition) is 1. The molecule has 5 nitrogen and oxygen atoms in total. The summed E-state index contributed by atoms with van der Waals surface area (Å²) in [6.45, 7) is 1.26. The van der Waals surface area contributed by atoms with Gasteiger partial charge in [-0.25, -0.2) is 0 Å². The van der Waals surface area contributed by atoms with Crippen LogP contribution in [0, 0.1) is 11.3 Å². The number of nitrogens with zero attached hydrogens (tertiary/aromatic N) is 1. The Kier molecular flexibility index (Phi) is 4.23. The van der Waals surface area contributed by atoms with E-state index in [1.807, 2.05) is 4.90 Å². The van der Waals surface area contributed by atoms with Gasteiger partial charge in [-0.1, -0.05) is 11.6 Å². The van der Waals surface area contributed by atoms with E-state index in [1.54, 1.807) is 25.3 Å². The van der Waals surface area contributed by atoms with Crippen LogP contribution in [0.2, 0.25) is 5.02 Å². The lowest BCUT2D eigenvalue weighted by Gasteiger charge is -2.32. The maximum absolute atomic E-state index is 12.5. The van der Waals surface area contributed by atoms with Gasteiger partial charge in [-0.15, -0.1) is 0 Å². The van der Waals surface area contributed by atoms with Crippen molar-refractivity contribution in [1.29, 1.82) is 0 Å². The van der Waals surface area contributed by atoms with Crippen LogP contribution >= 0.6 is 11.6 Å². The molecule has 1 saturated heterocycles. The molecule has 124 valence electrons. The Balaban J connectivity index is 1.60. The molecule has 0 radical (unpaired) electrons. The second kappa shape index (κ2) is 6.04. The Bertz CT molecular complexity index is 637. The largest absolute Gasteiger partial charge is 0.496 e. The average Bonchev–Trinajstić information content (AvgIpc) is 3.22. The van der Waals surface area contributed by atoms with Gasteiger partial charge in [-0.05, 0) is 42.9 Å². The third-order valence-corrected chi connectivity index (χ3v) is 5.42. The van der Waals surface area contributed by atoms with Gasteiger partial charge in [-0.2, -0.15) is 0 Å². The van der Waals surface area contributed by atoms with Crippen molar-refractivity contribution < 1.29 is 19.4 Å². The van der Waals surface area contributed by atoms with Gasteiger partial charge in [0.1, 0.15) is 5.75 Å². The van der Waals surface area contributed by atoms with Crippen LogP contribution in [-0.2, 0) is 16.0 Å². The molecule has 1 saturated carbocycles. The third kappa shape index (κ3) is 3.15. The lowest BCUT2D eigenvalue weighted by molar-refractivity contribution is -0.139. The number of benzene rings is 1. The Morgan fingerprint density at radius 2 is 2.09 bits per heavy atom. The number of amides is 1. The summed E-state index contributed by atoms with van der Waals surface area (Å²) in [7, 11) is 1.57. The maximum atomic E-state index is 12.5. The van der Waals surface area contributed by atoms with Crippen molar-refractivity contribution in [3.05, 3.63) is 28.8 Å². The third-order valence-electron chi connectivity index (χ3n) is 5.18. The Morgan fingerprint density at radius 1 is 1.39 bits per heavy atom. The molecule has 1 aromatic carbocycles. The molecular formula is C17H20ClNO4. The van der Waals surface area contributed by atoms with Gasteiger partial charge < -0.3 is 14.7 Å². The highest BCUT2D eigenvalue weighted by Gasteiger charge is 2.59. The molecule has 1 amide bonds. The van der Waals surface area contributed by atoms with Crippen LogP contribution in [0.15, 0.2) is 18.2 Å². The number of methoxy groups -OCH3 is 1. The lowest BCUT2D eigenvalue weighted by atomic mass is 9.90. The van der Waals surface area contributed by atoms with Gasteiger partial charge in [0, 0.05) is 23.7 Å². The molecule has 2 aliphatic rings. The smallest absolute Gasteiger partial charge is 0.307 e. The van der Waals surface area contributed by atoms with E-state index in [-0.39, 0.29) is 23.7 Å². The predicted molar refractivity (Wildman–Crippen MR) is 85.7 cm³/mol. The maximum Gasteiger partial charge on any atom is 0.307 e. The Morgan fingerprint density at radius 3 is 2.65 bits per heavy atom. The number of likely N-dealkylation sites (tertiary alicyclic amines) is 1. The summed E-state index contributed by atoms with van der Waals surface area (Å²) < 4.78 is 5.28. The van der Waals surface area contributed by atoms with Crippen LogP contribution in [-0.4, -0.2) is 42.1 Å². The Hall–Kier alpha value is -1.75. The number of carbonyl (C=O) groups is 2. The molecule has 1 unspecified atom stereocenters. The summed E-state index contributed by atoms with van der Waals surface area (Å²) in [6.07, 6.45) is 2.57. The van der Waals surface area contributed by atoms with E-state index in [0.29, 0.717) is 23.9 Å². The lowest BCUT2D eigenvalue weighted by Crippen LogP contribution is -2.40. The van der Waals surface area contributed by atoms with Gasteiger partial charge in [0.2, 0.25) is 5.91 Å². The quantitative estimate of drug-likeness (QED) is 0.917. The minimum atomic E-state index is -0.701. The number of piperidine rings is 1. The molecule has 1 atom stereocenters. The molecule has 0 aromatic heterocycles. The van der Waals surface area contributed by atoms with Crippen LogP contribution < -0.4 is 4.74 Å². The van der Waals surface area contributed by atoms with E-state index < -0.39 is 5.97 Å². The molecule has 1 heterocycles. The monoisotopic (exact) mass is 337 g/mol. The van der Waals surface area contributed by atoms with Gasteiger partial charge in [0.25, 0.3) is 0 Å². The number of carboxylic acids is 1. The summed E-state index contributed by atoms with van der Waals surface area (Å²) in [6, 6.07) is 5.25. The van der Waals surface area contributed by atoms with E-state index in [0.717, 1.165) is 24.8 Å². The minimum absolute atomic E-state index is 0.0351. The number of ether oxygens (including phenoxy) is 1. The summed E-state index contributed by atoms with van der Waals surface area (Å²) in [4.78, 5) is 25.4. The van der Waals surface area contributed by atoms with E-state index in [1.165, 1.54) is 0 Å². The van der Waals surface area contributed by atoms with E-state index >= 15 is 0 Å². The molecule has 2 fully saturated rings. The highest BCUT2D eigenvalue weighted by atomic mass is 35.5. The predicted octanol–water partition coefficient (Wildman–Crippen LogP) is 2.60. The number of carbonyl (C=O) groups excluding carboxylic acids is 1. The fourth-order valence-electron chi connectivity index (χ4n) is 3.61. The topological polar surface area (TPSA) is 66.8 Å². The summed E-state index contributed by atoms with van der Waals surface area (Å²) in [5, 5.41) is 9.69. The number of aliphatic carboxylic acids is 1. The number of rotatable bonds is 4. The molecule has 23 heavy (non-hydrogen) atoms. The molecule has 1 spiro atoms. The van der Waals surface area contributed by atoms with Crippen molar-refractivity contribution in [1.82, 2.24) is 4.90 Å². The van der Waals surface area contributed by atoms with Crippen LogP contribution in [0.4, 0.5) is 0 Å². The summed E-state index contributed by atoms with van der Waals surface area (Å²) in [5.74, 6) is -0.224. The zero-order chi connectivity index (χ0) is 16.6. The first-order chi connectivity index (χ1) is 10.9. The molecular weight excluding hydrogens is 318 g/mol. The first-order valence-electron chi connectivity index (χ1n) is 7.78. The van der Waals surface area contributed by atoms with E-state index in [4.69, 9.17) is 21.4 Å². The van der Waals surface area contributed by atoms with E-state index in [9.17, 15) is 9.59 Å². The van der Waals surface area contributed by atoms with Crippen molar-refractivity contribution in [2.45, 2.75) is 25.7 Å². The number of halogens is 1. The summed E-state index contributed by atoms with van der Waals surface area (Å²) >= 11 is 6.00. The van der Waals surface area contributed by atoms with Gasteiger partial charge in [0.05, 0.1) is 19.4 Å². The van der Waals surface area contributed by atoms with Crippen molar-refractivity contribution >= 4 is 23.5 Å². The molecule has 0 bridgehead atoms. The van der Waals surface area contributed by atoms with Gasteiger partial charge in [0.15, 0.2) is 0 Å². The fraction of sp³-hybridized carbons (Fsp3) is 0.529. The first kappa shape index (κ1) is 16.1. The molecule has 1 N–H and O–H groups in total. The molecule has 3 rings (SSSR count). The second-order valence-corrected chi connectivity index (χ2v) is 6.91. The minimum Gasteiger partial charge on any atom is -0.496 e. The molecule has 1 aliphatic heterocycles. The SMILES string of the molecule is COc1ccc(Cl)cc1CC(=O)N1CCC2(CC1)CC2C(=O)O. The zero-order valence-corrected chi connectivity index (χ0v) is 13.8. The zero-order valence-electron chi connectivity index (χ0n) is 13.0. The van der Waals surface area contributed by atoms with Gasteiger partial charge in [-0.3, -0.25) is 9.59 Å². The standard InChI is InChI=1S/C17H20ClNO4/c1-23-14-3-2-12(18)8-11(14)9-15(20)19-6-4-17(5-7-19)10-13(17)16(21)22/h2-3,8,13H,4-7,9-10H2,1H3,(H,21,22). The number of carboxylic acid groups (broad SMARTS) is 1. The van der Waals surface area contributed by atoms with Crippen LogP contribution in [0.3, 0.4) is 0 Å². The van der Waals surface area contributed by atoms with Crippen molar-refractivity contribution in [3.63, 3.8) is 0 Å². The molecule has 6 heteroatoms. The summed E-state index contributed by atoms with van der Waals surface area (Å²) in [5.41, 5.74) is 0.719. The first-order valence-corrected chi connectivity index (χ1v) is 8.16. The Labute approximate surface area is 140 Å².